The molecule has 2 nitrogen and oxygen atoms in total. The standard InChI is InChI=1S/C5H8O2.C4H8/c1-4(2)5(6)7-3;1-4(2)3/h1H2,2-3H3;1H2,2-3H3. The molecule has 0 fully saturated rings. The van der Waals surface area contributed by atoms with Crippen LogP contribution in [0.4, 0.5) is 0 Å². The minimum atomic E-state index is -0.347. The minimum absolute atomic E-state index is 0.347. The van der Waals surface area contributed by atoms with Gasteiger partial charge in [0.25, 0.3) is 0 Å². The molecule has 0 aromatic rings. The summed E-state index contributed by atoms with van der Waals surface area (Å²) in [4.78, 5) is 10.2. The average molecular weight is 156 g/mol. The lowest BCUT2D eigenvalue weighted by molar-refractivity contribution is -0.136. The summed E-state index contributed by atoms with van der Waals surface area (Å²) < 4.78 is 4.27. The summed E-state index contributed by atoms with van der Waals surface area (Å²) in [6.45, 7) is 12.5. The number of carbonyl (C=O) groups excluding carboxylic acids is 1. The third kappa shape index (κ3) is 17.6. The number of allylic oxidation sites excluding steroid dienone is 1. The van der Waals surface area contributed by atoms with Gasteiger partial charge in [-0.3, -0.25) is 0 Å². The second kappa shape index (κ2) is 7.06. The van der Waals surface area contributed by atoms with Crippen molar-refractivity contribution < 1.29 is 9.53 Å². The fourth-order valence-corrected chi connectivity index (χ4v) is 0.174. The first-order valence-corrected chi connectivity index (χ1v) is 3.27. The SMILES string of the molecule is C=C(C)C.C=C(C)C(=O)OC. The van der Waals surface area contributed by atoms with Gasteiger partial charge in [-0.1, -0.05) is 12.2 Å². The summed E-state index contributed by atoms with van der Waals surface area (Å²) in [6, 6.07) is 0. The van der Waals surface area contributed by atoms with Gasteiger partial charge in [-0.15, -0.1) is 6.58 Å². The van der Waals surface area contributed by atoms with Gasteiger partial charge in [-0.2, -0.15) is 0 Å². The molecule has 0 heterocycles. The summed E-state index contributed by atoms with van der Waals surface area (Å²) >= 11 is 0. The Labute approximate surface area is 68.6 Å². The van der Waals surface area contributed by atoms with E-state index >= 15 is 0 Å². The minimum Gasteiger partial charge on any atom is -0.466 e. The topological polar surface area (TPSA) is 26.3 Å². The van der Waals surface area contributed by atoms with Gasteiger partial charge >= 0.3 is 5.97 Å². The van der Waals surface area contributed by atoms with Crippen molar-refractivity contribution in [1.29, 1.82) is 0 Å². The van der Waals surface area contributed by atoms with E-state index in [0.29, 0.717) is 5.57 Å². The molecule has 0 atom stereocenters. The number of rotatable bonds is 1. The Morgan fingerprint density at radius 1 is 1.18 bits per heavy atom. The summed E-state index contributed by atoms with van der Waals surface area (Å²) in [5.74, 6) is -0.347. The highest BCUT2D eigenvalue weighted by molar-refractivity contribution is 5.86. The van der Waals surface area contributed by atoms with Crippen LogP contribution in [0.25, 0.3) is 0 Å². The van der Waals surface area contributed by atoms with Crippen molar-refractivity contribution in [3.8, 4) is 0 Å². The maximum Gasteiger partial charge on any atom is 0.332 e. The average Bonchev–Trinajstić information content (AvgIpc) is 1.85. The summed E-state index contributed by atoms with van der Waals surface area (Å²) in [7, 11) is 1.33. The number of hydrogen-bond donors (Lipinski definition) is 0. The van der Waals surface area contributed by atoms with Gasteiger partial charge in [0.05, 0.1) is 7.11 Å². The maximum atomic E-state index is 10.2. The second-order valence-corrected chi connectivity index (χ2v) is 2.48. The van der Waals surface area contributed by atoms with Gasteiger partial charge < -0.3 is 4.74 Å². The van der Waals surface area contributed by atoms with Gasteiger partial charge in [-0.25, -0.2) is 4.79 Å². The summed E-state index contributed by atoms with van der Waals surface area (Å²) in [5.41, 5.74) is 1.60. The van der Waals surface area contributed by atoms with Crippen molar-refractivity contribution in [3.05, 3.63) is 24.3 Å². The van der Waals surface area contributed by atoms with E-state index in [9.17, 15) is 4.79 Å². The smallest absolute Gasteiger partial charge is 0.332 e. The molecule has 0 aliphatic rings. The van der Waals surface area contributed by atoms with Crippen molar-refractivity contribution >= 4 is 5.97 Å². The van der Waals surface area contributed by atoms with Crippen LogP contribution < -0.4 is 0 Å². The summed E-state index contributed by atoms with van der Waals surface area (Å²) in [5, 5.41) is 0. The Kier molecular flexibility index (Phi) is 8.10. The molecule has 0 aliphatic heterocycles. The number of carbonyl (C=O) groups is 1. The van der Waals surface area contributed by atoms with Gasteiger partial charge in [0.1, 0.15) is 0 Å². The van der Waals surface area contributed by atoms with E-state index in [1.807, 2.05) is 13.8 Å². The van der Waals surface area contributed by atoms with E-state index in [1.54, 1.807) is 6.92 Å². The second-order valence-electron chi connectivity index (χ2n) is 2.48. The normalized spacial score (nSPS) is 7.27. The predicted octanol–water partition coefficient (Wildman–Crippen LogP) is 2.32. The van der Waals surface area contributed by atoms with E-state index in [4.69, 9.17) is 0 Å². The quantitative estimate of drug-likeness (QED) is 0.331. The van der Waals surface area contributed by atoms with Crippen LogP contribution in [-0.4, -0.2) is 13.1 Å². The Morgan fingerprint density at radius 2 is 1.45 bits per heavy atom. The first-order chi connectivity index (χ1) is 4.91. The molecule has 0 amide bonds. The van der Waals surface area contributed by atoms with Crippen molar-refractivity contribution in [3.63, 3.8) is 0 Å². The third-order valence-corrected chi connectivity index (χ3v) is 0.534. The fourth-order valence-electron chi connectivity index (χ4n) is 0.174. The van der Waals surface area contributed by atoms with Gasteiger partial charge in [0, 0.05) is 5.57 Å². The molecule has 0 aliphatic carbocycles. The fraction of sp³-hybridized carbons (Fsp3) is 0.444. The molecule has 2 heteroatoms. The Balaban J connectivity index is 0. The van der Waals surface area contributed by atoms with Crippen LogP contribution in [0.5, 0.6) is 0 Å². The zero-order chi connectivity index (χ0) is 9.44. The monoisotopic (exact) mass is 156 g/mol. The Bertz CT molecular complexity index is 153. The molecule has 0 N–H and O–H groups in total. The van der Waals surface area contributed by atoms with Crippen LogP contribution >= 0.6 is 0 Å². The molecular formula is C9H16O2. The first kappa shape index (κ1) is 12.6. The highest BCUT2D eigenvalue weighted by Crippen LogP contribution is 1.87. The lowest BCUT2D eigenvalue weighted by atomic mass is 10.4. The molecule has 0 aromatic heterocycles. The molecule has 0 spiro atoms. The highest BCUT2D eigenvalue weighted by atomic mass is 16.5. The molecule has 0 aromatic carbocycles. The van der Waals surface area contributed by atoms with Crippen LogP contribution in [0.3, 0.4) is 0 Å². The molecular weight excluding hydrogens is 140 g/mol. The zero-order valence-electron chi connectivity index (χ0n) is 7.73. The van der Waals surface area contributed by atoms with Crippen LogP contribution in [0, 0.1) is 0 Å². The van der Waals surface area contributed by atoms with Crippen molar-refractivity contribution in [2.75, 3.05) is 7.11 Å². The molecule has 0 bridgehead atoms. The molecule has 0 rings (SSSR count). The van der Waals surface area contributed by atoms with E-state index in [2.05, 4.69) is 17.9 Å². The van der Waals surface area contributed by atoms with Crippen molar-refractivity contribution in [2.24, 2.45) is 0 Å². The Morgan fingerprint density at radius 3 is 1.45 bits per heavy atom. The molecule has 11 heavy (non-hydrogen) atoms. The molecule has 0 unspecified atom stereocenters. The van der Waals surface area contributed by atoms with Crippen LogP contribution in [-0.2, 0) is 9.53 Å². The Hall–Kier alpha value is -1.05. The number of esters is 1. The van der Waals surface area contributed by atoms with E-state index in [1.165, 1.54) is 12.7 Å². The first-order valence-electron chi connectivity index (χ1n) is 3.27. The van der Waals surface area contributed by atoms with Gasteiger partial charge in [0.15, 0.2) is 0 Å². The van der Waals surface area contributed by atoms with Crippen LogP contribution in [0.15, 0.2) is 24.3 Å². The van der Waals surface area contributed by atoms with Crippen LogP contribution in [0.1, 0.15) is 20.8 Å². The maximum absolute atomic E-state index is 10.2. The van der Waals surface area contributed by atoms with Gasteiger partial charge in [0.2, 0.25) is 0 Å². The number of hydrogen-bond acceptors (Lipinski definition) is 2. The van der Waals surface area contributed by atoms with E-state index < -0.39 is 0 Å². The molecule has 64 valence electrons. The largest absolute Gasteiger partial charge is 0.466 e. The molecule has 0 saturated heterocycles. The van der Waals surface area contributed by atoms with Gasteiger partial charge in [-0.05, 0) is 20.8 Å². The van der Waals surface area contributed by atoms with Crippen LogP contribution in [0.2, 0.25) is 0 Å². The lowest BCUT2D eigenvalue weighted by Gasteiger charge is -1.91. The van der Waals surface area contributed by atoms with E-state index in [0.717, 1.165) is 0 Å². The van der Waals surface area contributed by atoms with E-state index in [-0.39, 0.29) is 5.97 Å². The zero-order valence-corrected chi connectivity index (χ0v) is 7.73. The van der Waals surface area contributed by atoms with Crippen molar-refractivity contribution in [1.82, 2.24) is 0 Å². The third-order valence-electron chi connectivity index (χ3n) is 0.534. The number of ether oxygens (including phenoxy) is 1. The predicted molar refractivity (Wildman–Crippen MR) is 47.3 cm³/mol. The van der Waals surface area contributed by atoms with Crippen molar-refractivity contribution in [2.45, 2.75) is 20.8 Å². The summed E-state index contributed by atoms with van der Waals surface area (Å²) in [6.07, 6.45) is 0. The number of methoxy groups -OCH3 is 1. The lowest BCUT2D eigenvalue weighted by Crippen LogP contribution is -1.98. The molecule has 0 radical (unpaired) electrons. The highest BCUT2D eigenvalue weighted by Gasteiger charge is 1.95. The molecule has 0 saturated carbocycles.